The monoisotopic (exact) mass is 518 g/mol. The maximum absolute atomic E-state index is 13.0. The fourth-order valence-corrected chi connectivity index (χ4v) is 4.94. The molecule has 1 heterocycles. The zero-order valence-corrected chi connectivity index (χ0v) is 22.4. The number of benzene rings is 3. The molecule has 0 atom stereocenters. The van der Waals surface area contributed by atoms with Crippen molar-refractivity contribution in [3.8, 4) is 11.4 Å². The summed E-state index contributed by atoms with van der Waals surface area (Å²) in [6.07, 6.45) is 1.20. The Balaban J connectivity index is 1.46. The van der Waals surface area contributed by atoms with Crippen molar-refractivity contribution in [3.63, 3.8) is 0 Å². The molecule has 0 saturated heterocycles. The first-order valence-electron chi connectivity index (χ1n) is 11.8. The molecular formula is C28H30N4O4S. The second-order valence-corrected chi connectivity index (χ2v) is 11.2. The molecule has 9 heteroatoms. The van der Waals surface area contributed by atoms with Crippen LogP contribution in [-0.2, 0) is 23.1 Å². The Kier molecular flexibility index (Phi) is 7.45. The van der Waals surface area contributed by atoms with E-state index in [0.717, 1.165) is 27.8 Å². The second kappa shape index (κ2) is 10.6. The van der Waals surface area contributed by atoms with Crippen molar-refractivity contribution >= 4 is 21.6 Å². The lowest BCUT2D eigenvalue weighted by molar-refractivity contribution is 0.0769. The van der Waals surface area contributed by atoms with Crippen molar-refractivity contribution in [2.45, 2.75) is 33.9 Å². The quantitative estimate of drug-likeness (QED) is 0.329. The lowest BCUT2D eigenvalue weighted by atomic mass is 10.1. The highest BCUT2D eigenvalue weighted by molar-refractivity contribution is 7.92. The zero-order chi connectivity index (χ0) is 26.7. The maximum Gasteiger partial charge on any atom is 0.254 e. The number of carbonyl (C=O) groups excluding carboxylic acids is 1. The van der Waals surface area contributed by atoms with Crippen LogP contribution in [0.1, 0.15) is 38.5 Å². The molecule has 1 aromatic heterocycles. The fraction of sp³-hybridized carbons (Fsp3) is 0.250. The number of anilines is 1. The van der Waals surface area contributed by atoms with Gasteiger partial charge in [0, 0.05) is 18.2 Å². The van der Waals surface area contributed by atoms with Crippen molar-refractivity contribution in [1.82, 2.24) is 15.0 Å². The van der Waals surface area contributed by atoms with Crippen LogP contribution >= 0.6 is 0 Å². The number of nitrogens with zero attached hydrogens (tertiary/aromatic N) is 4. The molecule has 0 N–H and O–H groups in total. The van der Waals surface area contributed by atoms with E-state index in [1.165, 1.54) is 15.5 Å². The fourth-order valence-electron chi connectivity index (χ4n) is 4.00. The van der Waals surface area contributed by atoms with Gasteiger partial charge in [-0.2, -0.15) is 4.98 Å². The molecule has 192 valence electrons. The first-order valence-corrected chi connectivity index (χ1v) is 13.6. The van der Waals surface area contributed by atoms with Crippen molar-refractivity contribution < 1.29 is 17.7 Å². The van der Waals surface area contributed by atoms with Gasteiger partial charge in [-0.05, 0) is 61.7 Å². The van der Waals surface area contributed by atoms with Crippen LogP contribution in [-0.4, -0.2) is 42.7 Å². The smallest absolute Gasteiger partial charge is 0.254 e. The average Bonchev–Trinajstić information content (AvgIpc) is 3.32. The van der Waals surface area contributed by atoms with Crippen LogP contribution in [0.3, 0.4) is 0 Å². The molecule has 37 heavy (non-hydrogen) atoms. The minimum absolute atomic E-state index is 0.161. The van der Waals surface area contributed by atoms with Gasteiger partial charge >= 0.3 is 0 Å². The van der Waals surface area contributed by atoms with Crippen molar-refractivity contribution in [2.75, 3.05) is 17.6 Å². The molecule has 4 aromatic rings. The Bertz CT molecular complexity index is 1530. The zero-order valence-electron chi connectivity index (χ0n) is 21.6. The molecule has 1 amide bonds. The largest absolute Gasteiger partial charge is 0.337 e. The highest BCUT2D eigenvalue weighted by Crippen LogP contribution is 2.26. The topological polar surface area (TPSA) is 96.6 Å². The van der Waals surface area contributed by atoms with Crippen LogP contribution in [0.25, 0.3) is 11.4 Å². The first-order chi connectivity index (χ1) is 17.5. The van der Waals surface area contributed by atoms with Gasteiger partial charge in [0.15, 0.2) is 0 Å². The van der Waals surface area contributed by atoms with E-state index in [2.05, 4.69) is 10.1 Å². The number of hydrogen-bond donors (Lipinski definition) is 0. The van der Waals surface area contributed by atoms with Gasteiger partial charge in [0.2, 0.25) is 21.7 Å². The lowest BCUT2D eigenvalue weighted by Gasteiger charge is -2.25. The Morgan fingerprint density at radius 3 is 2.30 bits per heavy atom. The number of hydrogen-bond acceptors (Lipinski definition) is 6. The van der Waals surface area contributed by atoms with E-state index in [0.29, 0.717) is 23.0 Å². The Morgan fingerprint density at radius 2 is 1.62 bits per heavy atom. The molecule has 0 aliphatic heterocycles. The summed E-state index contributed by atoms with van der Waals surface area (Å²) < 4.78 is 31.9. The molecule has 0 spiro atoms. The highest BCUT2D eigenvalue weighted by atomic mass is 32.2. The van der Waals surface area contributed by atoms with Crippen molar-refractivity contribution in [3.05, 3.63) is 100 Å². The predicted molar refractivity (Wildman–Crippen MR) is 144 cm³/mol. The maximum atomic E-state index is 13.0. The lowest BCUT2D eigenvalue weighted by Crippen LogP contribution is -2.30. The van der Waals surface area contributed by atoms with E-state index in [1.807, 2.05) is 63.2 Å². The van der Waals surface area contributed by atoms with Crippen LogP contribution in [0, 0.1) is 20.8 Å². The van der Waals surface area contributed by atoms with E-state index < -0.39 is 10.0 Å². The molecule has 3 aromatic carbocycles. The average molecular weight is 519 g/mol. The van der Waals surface area contributed by atoms with Gasteiger partial charge in [0.1, 0.15) is 0 Å². The summed E-state index contributed by atoms with van der Waals surface area (Å²) in [5.74, 6) is 0.598. The number of aryl methyl sites for hydroxylation is 3. The molecule has 0 aliphatic rings. The number of carbonyl (C=O) groups is 1. The van der Waals surface area contributed by atoms with Crippen molar-refractivity contribution in [2.24, 2.45) is 0 Å². The van der Waals surface area contributed by atoms with Gasteiger partial charge in [-0.25, -0.2) is 8.42 Å². The summed E-state index contributed by atoms with van der Waals surface area (Å²) in [7, 11) is -1.85. The SMILES string of the molecule is Cc1cccc(-c2noc(CN(C)C(=O)c3ccc(CN(c4cc(C)ccc4C)S(C)(=O)=O)cc3)n2)c1. The molecular weight excluding hydrogens is 488 g/mol. The van der Waals surface area contributed by atoms with Gasteiger partial charge in [0.05, 0.1) is 25.0 Å². The van der Waals surface area contributed by atoms with Crippen LogP contribution in [0.15, 0.2) is 71.3 Å². The third-order valence-electron chi connectivity index (χ3n) is 6.02. The van der Waals surface area contributed by atoms with Gasteiger partial charge in [-0.1, -0.05) is 53.2 Å². The van der Waals surface area contributed by atoms with E-state index in [4.69, 9.17) is 4.52 Å². The molecule has 4 rings (SSSR count). The number of sulfonamides is 1. The Labute approximate surface area is 217 Å². The normalized spacial score (nSPS) is 11.4. The third kappa shape index (κ3) is 6.24. The Hall–Kier alpha value is -3.98. The summed E-state index contributed by atoms with van der Waals surface area (Å²) in [6.45, 7) is 6.13. The van der Waals surface area contributed by atoms with Crippen LogP contribution in [0.2, 0.25) is 0 Å². The highest BCUT2D eigenvalue weighted by Gasteiger charge is 2.21. The van der Waals surface area contributed by atoms with Crippen LogP contribution in [0.4, 0.5) is 5.69 Å². The Morgan fingerprint density at radius 1 is 0.919 bits per heavy atom. The van der Waals surface area contributed by atoms with Gasteiger partial charge < -0.3 is 9.42 Å². The van der Waals surface area contributed by atoms with Gasteiger partial charge in [-0.15, -0.1) is 0 Å². The van der Waals surface area contributed by atoms with Crippen molar-refractivity contribution in [1.29, 1.82) is 0 Å². The van der Waals surface area contributed by atoms with Crippen LogP contribution in [0.5, 0.6) is 0 Å². The summed E-state index contributed by atoms with van der Waals surface area (Å²) in [4.78, 5) is 18.9. The minimum Gasteiger partial charge on any atom is -0.337 e. The summed E-state index contributed by atoms with van der Waals surface area (Å²) >= 11 is 0. The van der Waals surface area contributed by atoms with E-state index in [9.17, 15) is 13.2 Å². The van der Waals surface area contributed by atoms with Gasteiger partial charge in [0.25, 0.3) is 5.91 Å². The predicted octanol–water partition coefficient (Wildman–Crippen LogP) is 4.90. The molecule has 0 radical (unpaired) electrons. The summed E-state index contributed by atoms with van der Waals surface area (Å²) in [6, 6.07) is 20.5. The molecule has 0 unspecified atom stereocenters. The number of aromatic nitrogens is 2. The van der Waals surface area contributed by atoms with Crippen LogP contribution < -0.4 is 4.31 Å². The summed E-state index contributed by atoms with van der Waals surface area (Å²) in [5.41, 5.74) is 5.68. The minimum atomic E-state index is -3.52. The summed E-state index contributed by atoms with van der Waals surface area (Å²) in [5, 5.41) is 4.03. The standard InChI is InChI=1S/C28H30N4O4S/c1-19-7-6-8-24(15-19)27-29-26(36-30-27)18-31(4)28(33)23-13-11-22(12-14-23)17-32(37(5,34)35)25-16-20(2)9-10-21(25)3/h6-16H,17-18H2,1-5H3. The molecule has 0 bridgehead atoms. The molecule has 0 fully saturated rings. The second-order valence-electron chi connectivity index (χ2n) is 9.30. The van der Waals surface area contributed by atoms with E-state index in [1.54, 1.807) is 31.3 Å². The molecule has 0 aliphatic carbocycles. The van der Waals surface area contributed by atoms with E-state index >= 15 is 0 Å². The molecule has 8 nitrogen and oxygen atoms in total. The number of amides is 1. The first kappa shape index (κ1) is 26.1. The van der Waals surface area contributed by atoms with E-state index in [-0.39, 0.29) is 19.0 Å². The number of rotatable bonds is 8. The molecule has 0 saturated carbocycles. The van der Waals surface area contributed by atoms with Gasteiger partial charge in [-0.3, -0.25) is 9.10 Å². The third-order valence-corrected chi connectivity index (χ3v) is 7.15.